The second kappa shape index (κ2) is 6.09. The van der Waals surface area contributed by atoms with E-state index < -0.39 is 8.60 Å². The first-order chi connectivity index (χ1) is 7.58. The van der Waals surface area contributed by atoms with Crippen molar-refractivity contribution in [2.45, 2.75) is 26.7 Å². The van der Waals surface area contributed by atoms with Crippen LogP contribution >= 0.6 is 8.60 Å². The molecule has 90 valence electrons. The van der Waals surface area contributed by atoms with Crippen molar-refractivity contribution in [2.24, 2.45) is 0 Å². The van der Waals surface area contributed by atoms with Crippen molar-refractivity contribution in [3.05, 3.63) is 29.3 Å². The fourth-order valence-corrected chi connectivity index (χ4v) is 1.73. The highest BCUT2D eigenvalue weighted by atomic mass is 31.2. The van der Waals surface area contributed by atoms with E-state index in [4.69, 9.17) is 4.52 Å². The summed E-state index contributed by atoms with van der Waals surface area (Å²) >= 11 is 0. The minimum absolute atomic E-state index is 0.172. The molecule has 0 spiro atoms. The lowest BCUT2D eigenvalue weighted by molar-refractivity contribution is -0.0859. The Labute approximate surface area is 94.1 Å². The Hall–Kier alpha value is -0.770. The standard InChI is InChI=1S/C10H13F2O3P/c1-7(2)9-6-8(3)4-5-10(9)13-16(14-11)15-12/h4-7H,1-3H3. The SMILES string of the molecule is Cc1ccc(OP(OF)OF)c(C(C)C)c1. The molecule has 16 heavy (non-hydrogen) atoms. The monoisotopic (exact) mass is 250 g/mol. The Balaban J connectivity index is 2.94. The Morgan fingerprint density at radius 2 is 1.81 bits per heavy atom. The summed E-state index contributed by atoms with van der Waals surface area (Å²) < 4.78 is 34.9. The first-order valence-corrected chi connectivity index (χ1v) is 5.84. The predicted octanol–water partition coefficient (Wildman–Crippen LogP) is 4.53. The zero-order valence-corrected chi connectivity index (χ0v) is 10.1. The van der Waals surface area contributed by atoms with Gasteiger partial charge in [0, 0.05) is 0 Å². The van der Waals surface area contributed by atoms with Crippen LogP contribution in [-0.4, -0.2) is 0 Å². The Morgan fingerprint density at radius 1 is 1.19 bits per heavy atom. The van der Waals surface area contributed by atoms with E-state index in [0.717, 1.165) is 11.1 Å². The molecule has 0 amide bonds. The summed E-state index contributed by atoms with van der Waals surface area (Å²) in [7, 11) is -2.62. The van der Waals surface area contributed by atoms with E-state index in [1.54, 1.807) is 12.1 Å². The molecule has 0 unspecified atom stereocenters. The van der Waals surface area contributed by atoms with Crippen LogP contribution in [0.25, 0.3) is 0 Å². The average Bonchev–Trinajstić information content (AvgIpc) is 2.27. The molecule has 0 heterocycles. The van der Waals surface area contributed by atoms with Crippen molar-refractivity contribution in [1.29, 1.82) is 0 Å². The van der Waals surface area contributed by atoms with Gasteiger partial charge in [-0.05, 0) is 33.5 Å². The molecular formula is C10H13F2O3P. The Bertz CT molecular complexity index is 343. The molecule has 0 aliphatic carbocycles. The van der Waals surface area contributed by atoms with Crippen LogP contribution in [0.4, 0.5) is 9.05 Å². The van der Waals surface area contributed by atoms with Crippen LogP contribution in [0.1, 0.15) is 30.9 Å². The van der Waals surface area contributed by atoms with Crippen molar-refractivity contribution < 1.29 is 23.0 Å². The van der Waals surface area contributed by atoms with Gasteiger partial charge in [-0.25, -0.2) is 0 Å². The van der Waals surface area contributed by atoms with E-state index >= 15 is 0 Å². The van der Waals surface area contributed by atoms with Gasteiger partial charge >= 0.3 is 8.60 Å². The van der Waals surface area contributed by atoms with Gasteiger partial charge in [0.1, 0.15) is 5.75 Å². The zero-order chi connectivity index (χ0) is 12.1. The van der Waals surface area contributed by atoms with Gasteiger partial charge in [0.25, 0.3) is 0 Å². The van der Waals surface area contributed by atoms with Gasteiger partial charge in [0.15, 0.2) is 0 Å². The van der Waals surface area contributed by atoms with E-state index in [1.807, 2.05) is 26.8 Å². The summed E-state index contributed by atoms with van der Waals surface area (Å²) in [6, 6.07) is 5.31. The summed E-state index contributed by atoms with van der Waals surface area (Å²) in [6.07, 6.45) is 0. The van der Waals surface area contributed by atoms with Crippen molar-refractivity contribution in [3.8, 4) is 5.75 Å². The molecule has 0 aromatic heterocycles. The summed E-state index contributed by atoms with van der Waals surface area (Å²) in [4.78, 5) is 0. The highest BCUT2D eigenvalue weighted by molar-refractivity contribution is 7.41. The number of aryl methyl sites for hydroxylation is 1. The maximum Gasteiger partial charge on any atom is 0.465 e. The smallest absolute Gasteiger partial charge is 0.423 e. The van der Waals surface area contributed by atoms with Crippen LogP contribution in [0, 0.1) is 6.92 Å². The van der Waals surface area contributed by atoms with Crippen LogP contribution < -0.4 is 4.52 Å². The maximum atomic E-state index is 11.8. The van der Waals surface area contributed by atoms with E-state index in [-0.39, 0.29) is 5.92 Å². The second-order valence-corrected chi connectivity index (χ2v) is 4.55. The molecule has 0 saturated heterocycles. The predicted molar refractivity (Wildman–Crippen MR) is 57.2 cm³/mol. The van der Waals surface area contributed by atoms with Crippen LogP contribution in [0.15, 0.2) is 18.2 Å². The third kappa shape index (κ3) is 3.37. The third-order valence-electron chi connectivity index (χ3n) is 2.07. The Kier molecular flexibility index (Phi) is 5.06. The topological polar surface area (TPSA) is 27.7 Å². The van der Waals surface area contributed by atoms with Crippen LogP contribution in [0.2, 0.25) is 0 Å². The van der Waals surface area contributed by atoms with Crippen molar-refractivity contribution in [2.75, 3.05) is 0 Å². The van der Waals surface area contributed by atoms with E-state index in [0.29, 0.717) is 5.75 Å². The van der Waals surface area contributed by atoms with E-state index in [9.17, 15) is 9.05 Å². The highest BCUT2D eigenvalue weighted by Gasteiger charge is 2.19. The minimum atomic E-state index is -2.62. The van der Waals surface area contributed by atoms with Crippen LogP contribution in [-0.2, 0) is 9.46 Å². The van der Waals surface area contributed by atoms with Crippen molar-refractivity contribution >= 4 is 8.60 Å². The molecule has 0 aliphatic rings. The summed E-state index contributed by atoms with van der Waals surface area (Å²) in [6.45, 7) is 5.84. The molecule has 0 atom stereocenters. The quantitative estimate of drug-likeness (QED) is 0.718. The molecule has 1 rings (SSSR count). The van der Waals surface area contributed by atoms with Gasteiger partial charge in [-0.1, -0.05) is 41.0 Å². The summed E-state index contributed by atoms with van der Waals surface area (Å²) in [5, 5.41) is 0. The van der Waals surface area contributed by atoms with Crippen molar-refractivity contribution in [3.63, 3.8) is 0 Å². The molecule has 0 N–H and O–H groups in total. The first-order valence-electron chi connectivity index (χ1n) is 4.74. The summed E-state index contributed by atoms with van der Waals surface area (Å²) in [5.41, 5.74) is 1.89. The van der Waals surface area contributed by atoms with E-state index in [1.165, 1.54) is 0 Å². The molecule has 0 fully saturated rings. The Morgan fingerprint density at radius 3 is 2.31 bits per heavy atom. The maximum absolute atomic E-state index is 11.8. The van der Waals surface area contributed by atoms with Gasteiger partial charge in [-0.15, -0.1) is 0 Å². The van der Waals surface area contributed by atoms with Crippen molar-refractivity contribution in [1.82, 2.24) is 0 Å². The lowest BCUT2D eigenvalue weighted by Crippen LogP contribution is -1.96. The number of hydrogen-bond acceptors (Lipinski definition) is 3. The molecule has 0 radical (unpaired) electrons. The number of halogens is 2. The fourth-order valence-electron chi connectivity index (χ4n) is 1.32. The minimum Gasteiger partial charge on any atom is -0.423 e. The number of benzene rings is 1. The van der Waals surface area contributed by atoms with Gasteiger partial charge in [-0.2, -0.15) is 0 Å². The molecule has 1 aromatic rings. The molecular weight excluding hydrogens is 237 g/mol. The lowest BCUT2D eigenvalue weighted by Gasteiger charge is -2.15. The van der Waals surface area contributed by atoms with Gasteiger partial charge in [0.05, 0.1) is 0 Å². The van der Waals surface area contributed by atoms with E-state index in [2.05, 4.69) is 9.46 Å². The zero-order valence-electron chi connectivity index (χ0n) is 9.24. The first kappa shape index (κ1) is 13.3. The molecule has 6 heteroatoms. The van der Waals surface area contributed by atoms with Crippen LogP contribution in [0.3, 0.4) is 0 Å². The molecule has 0 saturated carbocycles. The largest absolute Gasteiger partial charge is 0.465 e. The molecule has 3 nitrogen and oxygen atoms in total. The third-order valence-corrected chi connectivity index (χ3v) is 2.64. The number of hydrogen-bond donors (Lipinski definition) is 0. The van der Waals surface area contributed by atoms with Gasteiger partial charge < -0.3 is 4.52 Å². The number of rotatable bonds is 5. The summed E-state index contributed by atoms with van der Waals surface area (Å²) in [5.74, 6) is 0.535. The normalized spacial score (nSPS) is 11.2. The highest BCUT2D eigenvalue weighted by Crippen LogP contribution is 2.43. The lowest BCUT2D eigenvalue weighted by atomic mass is 10.0. The van der Waals surface area contributed by atoms with Crippen LogP contribution in [0.5, 0.6) is 5.75 Å². The second-order valence-electron chi connectivity index (χ2n) is 3.65. The molecule has 0 aliphatic heterocycles. The van der Waals surface area contributed by atoms with Gasteiger partial charge in [0.2, 0.25) is 0 Å². The fraction of sp³-hybridized carbons (Fsp3) is 0.400. The average molecular weight is 250 g/mol. The molecule has 0 bridgehead atoms. The van der Waals surface area contributed by atoms with Gasteiger partial charge in [-0.3, -0.25) is 0 Å². The molecule has 1 aromatic carbocycles.